The average Bonchev–Trinajstić information content (AvgIpc) is 2.39. The number of carbonyl (C=O) groups is 1. The molecule has 2 rings (SSSR count). The summed E-state index contributed by atoms with van der Waals surface area (Å²) < 4.78 is 24.4. The van der Waals surface area contributed by atoms with E-state index < -0.39 is 15.9 Å². The fraction of sp³-hybridized carbons (Fsp3) is 0.0714. The highest BCUT2D eigenvalue weighted by molar-refractivity contribution is 7.90. The van der Waals surface area contributed by atoms with Crippen LogP contribution in [-0.4, -0.2) is 19.6 Å². The molecule has 1 amide bonds. The van der Waals surface area contributed by atoms with Crippen LogP contribution >= 0.6 is 0 Å². The molecule has 0 radical (unpaired) electrons. The lowest BCUT2D eigenvalue weighted by Gasteiger charge is -2.06. The Bertz CT molecular complexity index is 694. The SMILES string of the molecule is O=C(O)Nc1ccc(S(=O)(=O)Cc2ccccc2)cc1. The molecule has 5 nitrogen and oxygen atoms in total. The molecule has 0 aliphatic carbocycles. The van der Waals surface area contributed by atoms with Gasteiger partial charge in [0.25, 0.3) is 0 Å². The van der Waals surface area contributed by atoms with Crippen LogP contribution in [0.3, 0.4) is 0 Å². The van der Waals surface area contributed by atoms with Crippen molar-refractivity contribution in [1.29, 1.82) is 0 Å². The van der Waals surface area contributed by atoms with Crippen LogP contribution in [0.4, 0.5) is 10.5 Å². The lowest BCUT2D eigenvalue weighted by Crippen LogP contribution is -2.08. The number of nitrogens with one attached hydrogen (secondary N) is 1. The third-order valence-electron chi connectivity index (χ3n) is 2.66. The van der Waals surface area contributed by atoms with E-state index in [1.165, 1.54) is 24.3 Å². The summed E-state index contributed by atoms with van der Waals surface area (Å²) in [6, 6.07) is 14.5. The fourth-order valence-corrected chi connectivity index (χ4v) is 3.09. The van der Waals surface area contributed by atoms with Gasteiger partial charge in [-0.2, -0.15) is 0 Å². The summed E-state index contributed by atoms with van der Waals surface area (Å²) in [5, 5.41) is 10.7. The van der Waals surface area contributed by atoms with E-state index in [0.717, 1.165) is 0 Å². The van der Waals surface area contributed by atoms with Gasteiger partial charge in [0, 0.05) is 5.69 Å². The summed E-state index contributed by atoms with van der Waals surface area (Å²) in [7, 11) is -3.43. The minimum absolute atomic E-state index is 0.0838. The molecule has 0 heterocycles. The van der Waals surface area contributed by atoms with Gasteiger partial charge in [0.05, 0.1) is 10.6 Å². The van der Waals surface area contributed by atoms with Crippen molar-refractivity contribution < 1.29 is 18.3 Å². The number of benzene rings is 2. The van der Waals surface area contributed by atoms with Crippen molar-refractivity contribution in [1.82, 2.24) is 0 Å². The molecule has 0 unspecified atom stereocenters. The quantitative estimate of drug-likeness (QED) is 0.907. The molecule has 2 aromatic carbocycles. The van der Waals surface area contributed by atoms with Crippen LogP contribution in [0.2, 0.25) is 0 Å². The van der Waals surface area contributed by atoms with Crippen LogP contribution in [0.1, 0.15) is 5.56 Å². The number of hydrogen-bond donors (Lipinski definition) is 2. The van der Waals surface area contributed by atoms with E-state index in [1.807, 2.05) is 6.07 Å². The van der Waals surface area contributed by atoms with Crippen molar-refractivity contribution in [3.63, 3.8) is 0 Å². The molecule has 0 aromatic heterocycles. The van der Waals surface area contributed by atoms with Gasteiger partial charge in [-0.3, -0.25) is 5.32 Å². The van der Waals surface area contributed by atoms with Gasteiger partial charge in [-0.1, -0.05) is 30.3 Å². The average molecular weight is 291 g/mol. The van der Waals surface area contributed by atoms with Crippen molar-refractivity contribution >= 4 is 21.6 Å². The largest absolute Gasteiger partial charge is 0.465 e. The molecule has 0 aliphatic heterocycles. The monoisotopic (exact) mass is 291 g/mol. The van der Waals surface area contributed by atoms with Crippen LogP contribution in [0.25, 0.3) is 0 Å². The van der Waals surface area contributed by atoms with Gasteiger partial charge in [0.2, 0.25) is 0 Å². The van der Waals surface area contributed by atoms with Gasteiger partial charge < -0.3 is 5.11 Å². The maximum absolute atomic E-state index is 12.2. The third-order valence-corrected chi connectivity index (χ3v) is 4.37. The van der Waals surface area contributed by atoms with Gasteiger partial charge in [0.15, 0.2) is 9.84 Å². The van der Waals surface area contributed by atoms with E-state index in [-0.39, 0.29) is 10.6 Å². The number of sulfone groups is 1. The van der Waals surface area contributed by atoms with Crippen LogP contribution in [-0.2, 0) is 15.6 Å². The number of rotatable bonds is 4. The first-order valence-corrected chi connectivity index (χ1v) is 7.49. The molecule has 0 spiro atoms. The van der Waals surface area contributed by atoms with Gasteiger partial charge in [-0.15, -0.1) is 0 Å². The second-order valence-corrected chi connectivity index (χ2v) is 6.19. The Labute approximate surface area is 116 Å². The minimum Gasteiger partial charge on any atom is -0.465 e. The normalized spacial score (nSPS) is 11.0. The molecule has 0 atom stereocenters. The third kappa shape index (κ3) is 3.58. The zero-order chi connectivity index (χ0) is 14.6. The van der Waals surface area contributed by atoms with Gasteiger partial charge in [0.1, 0.15) is 0 Å². The summed E-state index contributed by atoms with van der Waals surface area (Å²) >= 11 is 0. The number of hydrogen-bond acceptors (Lipinski definition) is 3. The molecule has 0 aliphatic rings. The zero-order valence-corrected chi connectivity index (χ0v) is 11.3. The Morgan fingerprint density at radius 3 is 2.15 bits per heavy atom. The molecule has 6 heteroatoms. The Kier molecular flexibility index (Phi) is 4.05. The van der Waals surface area contributed by atoms with Gasteiger partial charge in [-0.25, -0.2) is 13.2 Å². The van der Waals surface area contributed by atoms with E-state index in [9.17, 15) is 13.2 Å². The maximum Gasteiger partial charge on any atom is 0.409 e. The van der Waals surface area contributed by atoms with Crippen molar-refractivity contribution in [3.8, 4) is 0 Å². The summed E-state index contributed by atoms with van der Waals surface area (Å²) in [5.41, 5.74) is 1.04. The van der Waals surface area contributed by atoms with Crippen LogP contribution in [0.15, 0.2) is 59.5 Å². The Balaban J connectivity index is 2.19. The summed E-state index contributed by atoms with van der Waals surface area (Å²) in [4.78, 5) is 10.6. The molecule has 104 valence electrons. The smallest absolute Gasteiger partial charge is 0.409 e. The van der Waals surface area contributed by atoms with Crippen molar-refractivity contribution in [2.75, 3.05) is 5.32 Å². The van der Waals surface area contributed by atoms with E-state index in [0.29, 0.717) is 11.3 Å². The molecule has 0 saturated heterocycles. The Morgan fingerprint density at radius 2 is 1.60 bits per heavy atom. The predicted molar refractivity (Wildman–Crippen MR) is 75.4 cm³/mol. The molecule has 0 fully saturated rings. The number of anilines is 1. The van der Waals surface area contributed by atoms with Crippen LogP contribution in [0.5, 0.6) is 0 Å². The van der Waals surface area contributed by atoms with E-state index >= 15 is 0 Å². The van der Waals surface area contributed by atoms with Crippen LogP contribution in [0, 0.1) is 0 Å². The second-order valence-electron chi connectivity index (χ2n) is 4.20. The topological polar surface area (TPSA) is 83.5 Å². The standard InChI is InChI=1S/C14H13NO4S/c16-14(17)15-12-6-8-13(9-7-12)20(18,19)10-11-4-2-1-3-5-11/h1-9,15H,10H2,(H,16,17). The van der Waals surface area contributed by atoms with Gasteiger partial charge in [-0.05, 0) is 29.8 Å². The minimum atomic E-state index is -3.43. The maximum atomic E-state index is 12.2. The second kappa shape index (κ2) is 5.75. The van der Waals surface area contributed by atoms with E-state index in [1.54, 1.807) is 24.3 Å². The van der Waals surface area contributed by atoms with Crippen molar-refractivity contribution in [3.05, 3.63) is 60.2 Å². The lowest BCUT2D eigenvalue weighted by atomic mass is 10.2. The molecular weight excluding hydrogens is 278 g/mol. The van der Waals surface area contributed by atoms with E-state index in [2.05, 4.69) is 5.32 Å². The highest BCUT2D eigenvalue weighted by Crippen LogP contribution is 2.18. The first kappa shape index (κ1) is 14.1. The van der Waals surface area contributed by atoms with Crippen molar-refractivity contribution in [2.45, 2.75) is 10.6 Å². The molecule has 2 N–H and O–H groups in total. The first-order chi connectivity index (χ1) is 9.47. The molecule has 20 heavy (non-hydrogen) atoms. The summed E-state index contributed by atoms with van der Waals surface area (Å²) in [5.74, 6) is -0.0838. The van der Waals surface area contributed by atoms with Crippen molar-refractivity contribution in [2.24, 2.45) is 0 Å². The number of carboxylic acid groups (broad SMARTS) is 1. The Hall–Kier alpha value is -2.34. The first-order valence-electron chi connectivity index (χ1n) is 5.84. The molecule has 2 aromatic rings. The highest BCUT2D eigenvalue weighted by Gasteiger charge is 2.15. The fourth-order valence-electron chi connectivity index (χ4n) is 1.75. The number of amides is 1. The van der Waals surface area contributed by atoms with E-state index in [4.69, 9.17) is 5.11 Å². The summed E-state index contributed by atoms with van der Waals surface area (Å²) in [6.07, 6.45) is -1.19. The lowest BCUT2D eigenvalue weighted by molar-refractivity contribution is 0.209. The zero-order valence-electron chi connectivity index (χ0n) is 10.5. The molecular formula is C14H13NO4S. The summed E-state index contributed by atoms with van der Waals surface area (Å²) in [6.45, 7) is 0. The molecule has 0 saturated carbocycles. The highest BCUT2D eigenvalue weighted by atomic mass is 32.2. The van der Waals surface area contributed by atoms with Crippen LogP contribution < -0.4 is 5.32 Å². The van der Waals surface area contributed by atoms with Gasteiger partial charge >= 0.3 is 6.09 Å². The Morgan fingerprint density at radius 1 is 1.00 bits per heavy atom. The molecule has 0 bridgehead atoms. The predicted octanol–water partition coefficient (Wildman–Crippen LogP) is 2.75.